The first-order chi connectivity index (χ1) is 9.77. The summed E-state index contributed by atoms with van der Waals surface area (Å²) in [7, 11) is 0. The van der Waals surface area contributed by atoms with Gasteiger partial charge in [0.05, 0.1) is 5.52 Å². The van der Waals surface area contributed by atoms with E-state index >= 15 is 0 Å². The van der Waals surface area contributed by atoms with E-state index in [9.17, 15) is 4.79 Å². The molecule has 1 saturated carbocycles. The Hall–Kier alpha value is -2.17. The molecule has 2 aromatic rings. The maximum Gasteiger partial charge on any atom is 0.374 e. The molecule has 110 valence electrons. The quantitative estimate of drug-likeness (QED) is 0.885. The minimum absolute atomic E-state index is 0.139. The third kappa shape index (κ3) is 2.44. The van der Waals surface area contributed by atoms with Crippen LogP contribution in [0.1, 0.15) is 61.3 Å². The summed E-state index contributed by atoms with van der Waals surface area (Å²) >= 11 is 0. The molecule has 3 N–H and O–H groups in total. The largest absolute Gasteiger partial charge is 0.475 e. The highest BCUT2D eigenvalue weighted by Gasteiger charge is 2.28. The maximum absolute atomic E-state index is 11.2. The summed E-state index contributed by atoms with van der Waals surface area (Å²) in [6.45, 7) is 6.28. The van der Waals surface area contributed by atoms with Crippen molar-refractivity contribution < 1.29 is 9.90 Å². The van der Waals surface area contributed by atoms with Gasteiger partial charge in [-0.1, -0.05) is 26.8 Å². The lowest BCUT2D eigenvalue weighted by atomic mass is 9.84. The van der Waals surface area contributed by atoms with Gasteiger partial charge >= 0.3 is 5.97 Å². The van der Waals surface area contributed by atoms with Crippen molar-refractivity contribution >= 4 is 22.7 Å². The number of benzene rings is 1. The monoisotopic (exact) mass is 285 g/mol. The lowest BCUT2D eigenvalue weighted by Crippen LogP contribution is -2.15. The maximum atomic E-state index is 11.2. The molecule has 3 rings (SSSR count). The van der Waals surface area contributed by atoms with Crippen LogP contribution in [-0.2, 0) is 5.41 Å². The fourth-order valence-electron chi connectivity index (χ4n) is 2.60. The van der Waals surface area contributed by atoms with Gasteiger partial charge < -0.3 is 10.8 Å². The highest BCUT2D eigenvalue weighted by molar-refractivity contribution is 5.95. The van der Waals surface area contributed by atoms with Crippen molar-refractivity contribution in [3.63, 3.8) is 0 Å². The number of carboxylic acid groups (broad SMARTS) is 1. The number of rotatable bonds is 2. The van der Waals surface area contributed by atoms with Crippen molar-refractivity contribution in [2.75, 3.05) is 5.73 Å². The molecule has 0 unspecified atom stereocenters. The van der Waals surface area contributed by atoms with Gasteiger partial charge in [-0.05, 0) is 41.4 Å². The topological polar surface area (TPSA) is 89.1 Å². The fourth-order valence-corrected chi connectivity index (χ4v) is 2.60. The Balaban J connectivity index is 2.36. The predicted octanol–water partition coefficient (Wildman–Crippen LogP) is 3.09. The van der Waals surface area contributed by atoms with Crippen LogP contribution in [0.3, 0.4) is 0 Å². The number of aromatic carboxylic acids is 1. The molecule has 0 aliphatic heterocycles. The van der Waals surface area contributed by atoms with Crippen LogP contribution in [0, 0.1) is 0 Å². The van der Waals surface area contributed by atoms with E-state index in [0.29, 0.717) is 11.4 Å². The summed E-state index contributed by atoms with van der Waals surface area (Å²) < 4.78 is 0. The number of carboxylic acids is 1. The van der Waals surface area contributed by atoms with Crippen molar-refractivity contribution in [2.45, 2.75) is 44.9 Å². The van der Waals surface area contributed by atoms with E-state index in [2.05, 4.69) is 36.8 Å². The van der Waals surface area contributed by atoms with Crippen molar-refractivity contribution in [3.8, 4) is 0 Å². The first kappa shape index (κ1) is 13.8. The molecule has 0 saturated heterocycles. The fraction of sp³-hybridized carbons (Fsp3) is 0.438. The zero-order chi connectivity index (χ0) is 15.4. The zero-order valence-electron chi connectivity index (χ0n) is 12.5. The molecule has 1 heterocycles. The normalized spacial score (nSPS) is 15.4. The van der Waals surface area contributed by atoms with Gasteiger partial charge in [0, 0.05) is 5.39 Å². The van der Waals surface area contributed by atoms with Crippen molar-refractivity contribution in [3.05, 3.63) is 29.1 Å². The molecule has 1 aromatic carbocycles. The van der Waals surface area contributed by atoms with Crippen LogP contribution in [-0.4, -0.2) is 21.0 Å². The summed E-state index contributed by atoms with van der Waals surface area (Å²) in [6, 6.07) is 4.17. The van der Waals surface area contributed by atoms with Crippen molar-refractivity contribution in [1.82, 2.24) is 9.97 Å². The van der Waals surface area contributed by atoms with E-state index in [4.69, 9.17) is 10.8 Å². The highest BCUT2D eigenvalue weighted by Crippen LogP contribution is 2.43. The first-order valence-corrected chi connectivity index (χ1v) is 7.12. The van der Waals surface area contributed by atoms with Gasteiger partial charge in [-0.15, -0.1) is 0 Å². The lowest BCUT2D eigenvalue weighted by molar-refractivity contribution is 0.0684. The third-order valence-corrected chi connectivity index (χ3v) is 3.90. The van der Waals surface area contributed by atoms with E-state index in [0.717, 1.165) is 10.9 Å². The molecule has 0 atom stereocenters. The number of nitrogen functional groups attached to an aromatic ring is 1. The zero-order valence-corrected chi connectivity index (χ0v) is 12.5. The minimum atomic E-state index is -1.16. The van der Waals surface area contributed by atoms with Crippen LogP contribution in [0.4, 0.5) is 5.82 Å². The van der Waals surface area contributed by atoms with Gasteiger partial charge in [-0.25, -0.2) is 14.8 Å². The number of anilines is 1. The first-order valence-electron chi connectivity index (χ1n) is 7.12. The number of nitrogens with two attached hydrogens (primary N) is 1. The summed E-state index contributed by atoms with van der Waals surface area (Å²) in [5.74, 6) is -0.571. The molecule has 0 amide bonds. The Morgan fingerprint density at radius 1 is 1.29 bits per heavy atom. The van der Waals surface area contributed by atoms with E-state index < -0.39 is 5.97 Å². The number of nitrogens with zero attached hydrogens (tertiary/aromatic N) is 2. The second-order valence-electron chi connectivity index (χ2n) is 6.73. The number of fused-ring (bicyclic) bond motifs is 1. The molecule has 5 heteroatoms. The van der Waals surface area contributed by atoms with E-state index in [1.54, 1.807) is 0 Å². The van der Waals surface area contributed by atoms with Gasteiger partial charge in [0.15, 0.2) is 0 Å². The second-order valence-corrected chi connectivity index (χ2v) is 6.73. The smallest absolute Gasteiger partial charge is 0.374 e. The Morgan fingerprint density at radius 2 is 1.95 bits per heavy atom. The molecule has 0 radical (unpaired) electrons. The molecule has 1 aromatic heterocycles. The average molecular weight is 285 g/mol. The summed E-state index contributed by atoms with van der Waals surface area (Å²) in [5.41, 5.74) is 8.77. The molecule has 1 aliphatic rings. The van der Waals surface area contributed by atoms with Crippen LogP contribution in [0.2, 0.25) is 0 Å². The molecule has 1 fully saturated rings. The number of aromatic nitrogens is 2. The Morgan fingerprint density at radius 3 is 2.48 bits per heavy atom. The molecule has 0 bridgehead atoms. The Kier molecular flexibility index (Phi) is 2.90. The highest BCUT2D eigenvalue weighted by atomic mass is 16.4. The minimum Gasteiger partial charge on any atom is -0.475 e. The van der Waals surface area contributed by atoms with Gasteiger partial charge in [0.25, 0.3) is 0 Å². The average Bonchev–Trinajstić information content (AvgIpc) is 3.20. The van der Waals surface area contributed by atoms with Crippen LogP contribution in [0.5, 0.6) is 0 Å². The standard InChI is InChI=1S/C16H19N3O2/c1-16(2,3)11-7-9(8-4-5-8)6-10-12(11)18-14(15(20)21)19-13(10)17/h6-8H,4-5H2,1-3H3,(H,20,21)(H2,17,18,19). The van der Waals surface area contributed by atoms with Gasteiger partial charge in [-0.2, -0.15) is 0 Å². The second kappa shape index (κ2) is 4.41. The van der Waals surface area contributed by atoms with Crippen LogP contribution in [0.15, 0.2) is 12.1 Å². The number of hydrogen-bond acceptors (Lipinski definition) is 4. The van der Waals surface area contributed by atoms with Crippen molar-refractivity contribution in [2.24, 2.45) is 0 Å². The molecule has 0 spiro atoms. The lowest BCUT2D eigenvalue weighted by Gasteiger charge is -2.22. The Bertz CT molecular complexity index is 743. The molecular formula is C16H19N3O2. The predicted molar refractivity (Wildman–Crippen MR) is 81.6 cm³/mol. The molecule has 21 heavy (non-hydrogen) atoms. The summed E-state index contributed by atoms with van der Waals surface area (Å²) in [5, 5.41) is 9.89. The van der Waals surface area contributed by atoms with Crippen molar-refractivity contribution in [1.29, 1.82) is 0 Å². The number of carbonyl (C=O) groups is 1. The molecule has 5 nitrogen and oxygen atoms in total. The van der Waals surface area contributed by atoms with E-state index in [1.165, 1.54) is 18.4 Å². The molecular weight excluding hydrogens is 266 g/mol. The third-order valence-electron chi connectivity index (χ3n) is 3.90. The Labute approximate surface area is 123 Å². The van der Waals surface area contributed by atoms with Gasteiger partial charge in [0.2, 0.25) is 5.82 Å². The SMILES string of the molecule is CC(C)(C)c1cc(C2CC2)cc2c(N)nc(C(=O)O)nc12. The van der Waals surface area contributed by atoms with Crippen LogP contribution < -0.4 is 5.73 Å². The van der Waals surface area contributed by atoms with Crippen LogP contribution in [0.25, 0.3) is 10.9 Å². The summed E-state index contributed by atoms with van der Waals surface area (Å²) in [4.78, 5) is 19.3. The van der Waals surface area contributed by atoms with E-state index in [1.807, 2.05) is 6.07 Å². The number of hydrogen-bond donors (Lipinski definition) is 2. The van der Waals surface area contributed by atoms with Gasteiger partial charge in [-0.3, -0.25) is 0 Å². The molecule has 1 aliphatic carbocycles. The summed E-state index contributed by atoms with van der Waals surface area (Å²) in [6.07, 6.45) is 2.39. The van der Waals surface area contributed by atoms with Crippen LogP contribution >= 0.6 is 0 Å². The van der Waals surface area contributed by atoms with Gasteiger partial charge in [0.1, 0.15) is 5.82 Å². The van der Waals surface area contributed by atoms with E-state index in [-0.39, 0.29) is 17.1 Å².